The molecule has 0 aromatic carbocycles. The van der Waals surface area contributed by atoms with E-state index in [1.807, 2.05) is 11.0 Å². The van der Waals surface area contributed by atoms with Crippen LogP contribution in [0.1, 0.15) is 35.3 Å². The largest absolute Gasteiger partial charge is 0.387 e. The van der Waals surface area contributed by atoms with Gasteiger partial charge < -0.3 is 20.2 Å². The van der Waals surface area contributed by atoms with Crippen LogP contribution in [0.2, 0.25) is 0 Å². The Labute approximate surface area is 214 Å². The molecule has 2 aromatic rings. The fraction of sp³-hybridized carbons (Fsp3) is 0.407. The molecule has 2 N–H and O–H groups in total. The van der Waals surface area contributed by atoms with Gasteiger partial charge in [0.2, 0.25) is 17.7 Å². The Hall–Kier alpha value is -3.30. The van der Waals surface area contributed by atoms with E-state index in [1.165, 1.54) is 10.5 Å². The molecule has 0 saturated carbocycles. The van der Waals surface area contributed by atoms with E-state index in [0.29, 0.717) is 51.3 Å². The maximum absolute atomic E-state index is 12.9. The molecule has 2 aromatic heterocycles. The molecule has 9 heteroatoms. The maximum Gasteiger partial charge on any atom is 0.248 e. The second-order valence-corrected chi connectivity index (χ2v) is 10.7. The van der Waals surface area contributed by atoms with E-state index >= 15 is 0 Å². The van der Waals surface area contributed by atoms with Crippen LogP contribution in [-0.2, 0) is 27.2 Å². The maximum atomic E-state index is 12.9. The minimum absolute atomic E-state index is 0.0233. The van der Waals surface area contributed by atoms with E-state index in [2.05, 4.69) is 33.9 Å². The van der Waals surface area contributed by atoms with Crippen molar-refractivity contribution in [3.8, 4) is 0 Å². The third kappa shape index (κ3) is 5.12. The number of fused-ring (bicyclic) bond motifs is 1. The highest BCUT2D eigenvalue weighted by atomic mass is 32.1. The van der Waals surface area contributed by atoms with Gasteiger partial charge in [0.1, 0.15) is 12.4 Å². The standard InChI is InChI=1S/C27H30N4O4S/c32-18-24(34)31-11-7-27(8-12-31)16-21-14-20(17-28-25(21)29-26(27)35)3-4-23(33)30-9-5-19(6-10-30)15-22-2-1-13-36-22/h1-5,13-14,17,32H,6-12,15-16,18H2,(H,28,29,35). The van der Waals surface area contributed by atoms with Crippen molar-refractivity contribution < 1.29 is 19.5 Å². The minimum Gasteiger partial charge on any atom is -0.387 e. The molecule has 0 radical (unpaired) electrons. The summed E-state index contributed by atoms with van der Waals surface area (Å²) in [5.41, 5.74) is 2.55. The number of aliphatic hydroxyl groups is 1. The van der Waals surface area contributed by atoms with Crippen molar-refractivity contribution in [2.75, 3.05) is 38.1 Å². The van der Waals surface area contributed by atoms with Gasteiger partial charge in [0.25, 0.3) is 0 Å². The van der Waals surface area contributed by atoms with Crippen LogP contribution >= 0.6 is 11.3 Å². The van der Waals surface area contributed by atoms with Crippen molar-refractivity contribution in [2.24, 2.45) is 5.41 Å². The van der Waals surface area contributed by atoms with Gasteiger partial charge in [-0.25, -0.2) is 4.98 Å². The molecule has 0 unspecified atom stereocenters. The first-order chi connectivity index (χ1) is 17.5. The summed E-state index contributed by atoms with van der Waals surface area (Å²) >= 11 is 1.76. The summed E-state index contributed by atoms with van der Waals surface area (Å²) in [5, 5.41) is 14.1. The first-order valence-electron chi connectivity index (χ1n) is 12.3. The van der Waals surface area contributed by atoms with Crippen LogP contribution in [-0.4, -0.2) is 70.4 Å². The van der Waals surface area contributed by atoms with Gasteiger partial charge in [-0.05, 0) is 60.4 Å². The van der Waals surface area contributed by atoms with Gasteiger partial charge in [0.15, 0.2) is 0 Å². The summed E-state index contributed by atoms with van der Waals surface area (Å²) in [6, 6.07) is 6.19. The van der Waals surface area contributed by atoms with Crippen LogP contribution < -0.4 is 5.32 Å². The van der Waals surface area contributed by atoms with Crippen LogP contribution in [0.25, 0.3) is 6.08 Å². The summed E-state index contributed by atoms with van der Waals surface area (Å²) in [6.45, 7) is 1.72. The lowest BCUT2D eigenvalue weighted by atomic mass is 9.71. The monoisotopic (exact) mass is 506 g/mol. The highest BCUT2D eigenvalue weighted by Gasteiger charge is 2.45. The average Bonchev–Trinajstić information content (AvgIpc) is 3.41. The number of thiophene rings is 1. The van der Waals surface area contributed by atoms with Crippen LogP contribution in [0.4, 0.5) is 5.82 Å². The second kappa shape index (κ2) is 10.4. The van der Waals surface area contributed by atoms with Crippen molar-refractivity contribution in [3.05, 3.63) is 63.5 Å². The minimum atomic E-state index is -0.583. The third-order valence-electron chi connectivity index (χ3n) is 7.45. The Morgan fingerprint density at radius 1 is 1.22 bits per heavy atom. The molecule has 3 amide bonds. The number of nitrogens with one attached hydrogen (secondary N) is 1. The lowest BCUT2D eigenvalue weighted by Crippen LogP contribution is -2.51. The number of aromatic nitrogens is 1. The Bertz CT molecular complexity index is 1210. The molecule has 8 nitrogen and oxygen atoms in total. The molecule has 36 heavy (non-hydrogen) atoms. The number of hydrogen-bond acceptors (Lipinski definition) is 6. The van der Waals surface area contributed by atoms with Crippen molar-refractivity contribution in [1.82, 2.24) is 14.8 Å². The molecule has 5 heterocycles. The highest BCUT2D eigenvalue weighted by Crippen LogP contribution is 2.41. The number of piperidine rings is 1. The lowest BCUT2D eigenvalue weighted by Gasteiger charge is -2.42. The zero-order valence-corrected chi connectivity index (χ0v) is 20.9. The predicted octanol–water partition coefficient (Wildman–Crippen LogP) is 2.65. The van der Waals surface area contributed by atoms with Crippen molar-refractivity contribution >= 4 is 41.0 Å². The smallest absolute Gasteiger partial charge is 0.248 e. The van der Waals surface area contributed by atoms with E-state index in [9.17, 15) is 14.4 Å². The Morgan fingerprint density at radius 2 is 2.06 bits per heavy atom. The van der Waals surface area contributed by atoms with Gasteiger partial charge in [-0.3, -0.25) is 14.4 Å². The molecule has 3 aliphatic rings. The van der Waals surface area contributed by atoms with Crippen LogP contribution in [0.3, 0.4) is 0 Å². The number of carbonyl (C=O) groups is 3. The average molecular weight is 507 g/mol. The summed E-state index contributed by atoms with van der Waals surface area (Å²) in [4.78, 5) is 46.7. The predicted molar refractivity (Wildman–Crippen MR) is 138 cm³/mol. The number of nitrogens with zero attached hydrogens (tertiary/aromatic N) is 3. The highest BCUT2D eigenvalue weighted by molar-refractivity contribution is 7.09. The summed E-state index contributed by atoms with van der Waals surface area (Å²) in [7, 11) is 0. The number of pyridine rings is 1. The first-order valence-corrected chi connectivity index (χ1v) is 13.2. The topological polar surface area (TPSA) is 103 Å². The normalized spacial score (nSPS) is 19.2. The molecule has 1 fully saturated rings. The number of anilines is 1. The molecule has 1 spiro atoms. The lowest BCUT2D eigenvalue weighted by molar-refractivity contribution is -0.140. The number of carbonyl (C=O) groups excluding carboxylic acids is 3. The number of aliphatic hydroxyl groups excluding tert-OH is 1. The van der Waals surface area contributed by atoms with Gasteiger partial charge >= 0.3 is 0 Å². The number of likely N-dealkylation sites (tertiary alicyclic amines) is 1. The fourth-order valence-electron chi connectivity index (χ4n) is 5.22. The van der Waals surface area contributed by atoms with Gasteiger partial charge in [-0.1, -0.05) is 17.7 Å². The summed E-state index contributed by atoms with van der Waals surface area (Å²) in [6.07, 6.45) is 10.7. The molecule has 0 atom stereocenters. The summed E-state index contributed by atoms with van der Waals surface area (Å²) < 4.78 is 0. The SMILES string of the molecule is O=C(C=Cc1cnc2c(c1)CC1(CCN(C(=O)CO)CC1)C(=O)N2)N1CC=C(Cc2cccs2)CC1. The Morgan fingerprint density at radius 3 is 2.75 bits per heavy atom. The van der Waals surface area contributed by atoms with Crippen LogP contribution in [0.15, 0.2) is 47.5 Å². The quantitative estimate of drug-likeness (QED) is 0.480. The fourth-order valence-corrected chi connectivity index (χ4v) is 5.98. The van der Waals surface area contributed by atoms with Gasteiger partial charge in [-0.15, -0.1) is 11.3 Å². The molecule has 3 aliphatic heterocycles. The van der Waals surface area contributed by atoms with Gasteiger partial charge in [0.05, 0.1) is 5.41 Å². The number of rotatable bonds is 5. The molecular formula is C27H30N4O4S. The number of hydrogen-bond donors (Lipinski definition) is 2. The molecular weight excluding hydrogens is 476 g/mol. The molecule has 5 rings (SSSR count). The van der Waals surface area contributed by atoms with E-state index < -0.39 is 12.0 Å². The molecule has 0 bridgehead atoms. The molecule has 188 valence electrons. The molecule has 0 aliphatic carbocycles. The first kappa shape index (κ1) is 24.4. The number of amides is 3. The zero-order valence-electron chi connectivity index (χ0n) is 20.1. The van der Waals surface area contributed by atoms with E-state index in [4.69, 9.17) is 5.11 Å². The van der Waals surface area contributed by atoms with Crippen LogP contribution in [0.5, 0.6) is 0 Å². The van der Waals surface area contributed by atoms with Crippen LogP contribution in [0, 0.1) is 5.41 Å². The van der Waals surface area contributed by atoms with E-state index in [-0.39, 0.29) is 17.7 Å². The van der Waals surface area contributed by atoms with E-state index in [0.717, 1.165) is 24.0 Å². The van der Waals surface area contributed by atoms with Crippen molar-refractivity contribution in [2.45, 2.75) is 32.1 Å². The molecule has 1 saturated heterocycles. The Kier molecular flexibility index (Phi) is 7.02. The zero-order chi connectivity index (χ0) is 25.1. The Balaban J connectivity index is 1.21. The van der Waals surface area contributed by atoms with Gasteiger partial charge in [-0.2, -0.15) is 0 Å². The summed E-state index contributed by atoms with van der Waals surface area (Å²) in [5.74, 6) is 0.170. The van der Waals surface area contributed by atoms with Crippen molar-refractivity contribution in [1.29, 1.82) is 0 Å². The van der Waals surface area contributed by atoms with Crippen molar-refractivity contribution in [3.63, 3.8) is 0 Å². The van der Waals surface area contributed by atoms with E-state index in [1.54, 1.807) is 34.6 Å². The van der Waals surface area contributed by atoms with Gasteiger partial charge in [0, 0.05) is 49.7 Å². The second-order valence-electron chi connectivity index (χ2n) is 9.71. The third-order valence-corrected chi connectivity index (χ3v) is 8.33.